The maximum absolute atomic E-state index is 5.48. The molecular formula is C15H23NO3S. The van der Waals surface area contributed by atoms with Gasteiger partial charge in [0.2, 0.25) is 5.75 Å². The summed E-state index contributed by atoms with van der Waals surface area (Å²) in [5.74, 6) is 5.47. The summed E-state index contributed by atoms with van der Waals surface area (Å²) in [6, 6.07) is 3.94. The van der Waals surface area contributed by atoms with Crippen molar-refractivity contribution in [2.24, 2.45) is 5.92 Å². The predicted octanol–water partition coefficient (Wildman–Crippen LogP) is 2.56. The second-order valence-electron chi connectivity index (χ2n) is 4.85. The Kier molecular flexibility index (Phi) is 5.86. The van der Waals surface area contributed by atoms with Crippen LogP contribution in [-0.2, 0) is 6.54 Å². The fraction of sp³-hybridized carbons (Fsp3) is 0.600. The average Bonchev–Trinajstić information content (AvgIpc) is 2.99. The van der Waals surface area contributed by atoms with Crippen LogP contribution in [0.15, 0.2) is 12.1 Å². The van der Waals surface area contributed by atoms with Gasteiger partial charge in [-0.2, -0.15) is 11.8 Å². The van der Waals surface area contributed by atoms with Crippen LogP contribution in [0, 0.1) is 5.92 Å². The number of rotatable bonds is 7. The fourth-order valence-electron chi connectivity index (χ4n) is 2.46. The molecule has 1 aliphatic rings. The molecule has 0 aliphatic carbocycles. The zero-order valence-corrected chi connectivity index (χ0v) is 13.2. The van der Waals surface area contributed by atoms with Crippen molar-refractivity contribution in [3.8, 4) is 17.2 Å². The van der Waals surface area contributed by atoms with Crippen LogP contribution in [0.25, 0.3) is 0 Å². The van der Waals surface area contributed by atoms with E-state index in [0.717, 1.165) is 30.3 Å². The van der Waals surface area contributed by atoms with Crippen molar-refractivity contribution < 1.29 is 14.2 Å². The van der Waals surface area contributed by atoms with Crippen molar-refractivity contribution in [2.75, 3.05) is 39.4 Å². The van der Waals surface area contributed by atoms with E-state index >= 15 is 0 Å². The van der Waals surface area contributed by atoms with Crippen LogP contribution in [0.4, 0.5) is 0 Å². The van der Waals surface area contributed by atoms with Crippen molar-refractivity contribution in [1.82, 2.24) is 5.32 Å². The van der Waals surface area contributed by atoms with E-state index < -0.39 is 0 Å². The van der Waals surface area contributed by atoms with Gasteiger partial charge in [-0.3, -0.25) is 0 Å². The summed E-state index contributed by atoms with van der Waals surface area (Å²) in [4.78, 5) is 0. The first-order chi connectivity index (χ1) is 9.80. The third kappa shape index (κ3) is 3.52. The zero-order valence-electron chi connectivity index (χ0n) is 12.4. The lowest BCUT2D eigenvalue weighted by atomic mass is 10.1. The maximum Gasteiger partial charge on any atom is 0.203 e. The van der Waals surface area contributed by atoms with Crippen molar-refractivity contribution in [2.45, 2.75) is 13.0 Å². The second kappa shape index (κ2) is 7.64. The summed E-state index contributed by atoms with van der Waals surface area (Å²) >= 11 is 2.05. The number of thioether (sulfide) groups is 1. The summed E-state index contributed by atoms with van der Waals surface area (Å²) in [5.41, 5.74) is 1.09. The van der Waals surface area contributed by atoms with E-state index in [9.17, 15) is 0 Å². The number of hydrogen-bond donors (Lipinski definition) is 1. The van der Waals surface area contributed by atoms with Gasteiger partial charge < -0.3 is 19.5 Å². The summed E-state index contributed by atoms with van der Waals surface area (Å²) in [7, 11) is 4.93. The Morgan fingerprint density at radius 2 is 1.95 bits per heavy atom. The van der Waals surface area contributed by atoms with Gasteiger partial charge in [-0.25, -0.2) is 0 Å². The van der Waals surface area contributed by atoms with Gasteiger partial charge in [-0.05, 0) is 36.5 Å². The Balaban J connectivity index is 2.02. The first kappa shape index (κ1) is 15.3. The lowest BCUT2D eigenvalue weighted by molar-refractivity contribution is 0.321. The molecule has 1 aliphatic heterocycles. The Labute approximate surface area is 125 Å². The predicted molar refractivity (Wildman–Crippen MR) is 83.2 cm³/mol. The minimum atomic E-state index is 0.658. The quantitative estimate of drug-likeness (QED) is 0.837. The third-order valence-electron chi connectivity index (χ3n) is 3.56. The van der Waals surface area contributed by atoms with Crippen LogP contribution in [0.5, 0.6) is 17.2 Å². The van der Waals surface area contributed by atoms with E-state index in [0.29, 0.717) is 11.5 Å². The molecule has 0 saturated carbocycles. The molecule has 0 amide bonds. The molecule has 1 N–H and O–H groups in total. The van der Waals surface area contributed by atoms with E-state index in [4.69, 9.17) is 14.2 Å². The highest BCUT2D eigenvalue weighted by Gasteiger charge is 2.17. The Morgan fingerprint density at radius 3 is 2.55 bits per heavy atom. The van der Waals surface area contributed by atoms with Crippen LogP contribution < -0.4 is 19.5 Å². The molecule has 0 radical (unpaired) electrons. The summed E-state index contributed by atoms with van der Waals surface area (Å²) in [6.45, 7) is 1.84. The standard InChI is InChI=1S/C15H23NO3S/c1-17-13-5-4-12(14(18-2)15(13)19-3)9-16-8-11-6-7-20-10-11/h4-5,11,16H,6-10H2,1-3H3. The van der Waals surface area contributed by atoms with Gasteiger partial charge in [0.25, 0.3) is 0 Å². The Morgan fingerprint density at radius 1 is 1.15 bits per heavy atom. The van der Waals surface area contributed by atoms with Crippen LogP contribution >= 0.6 is 11.8 Å². The smallest absolute Gasteiger partial charge is 0.203 e. The molecule has 4 nitrogen and oxygen atoms in total. The highest BCUT2D eigenvalue weighted by Crippen LogP contribution is 2.39. The molecule has 112 valence electrons. The van der Waals surface area contributed by atoms with Gasteiger partial charge in [0, 0.05) is 12.1 Å². The molecule has 1 fully saturated rings. The summed E-state index contributed by atoms with van der Waals surface area (Å²) < 4.78 is 16.2. The number of benzene rings is 1. The molecule has 1 saturated heterocycles. The Bertz CT molecular complexity index is 433. The second-order valence-corrected chi connectivity index (χ2v) is 6.00. The van der Waals surface area contributed by atoms with Gasteiger partial charge in [0.05, 0.1) is 21.3 Å². The van der Waals surface area contributed by atoms with Gasteiger partial charge >= 0.3 is 0 Å². The van der Waals surface area contributed by atoms with Crippen LogP contribution in [-0.4, -0.2) is 39.4 Å². The van der Waals surface area contributed by atoms with Crippen LogP contribution in [0.3, 0.4) is 0 Å². The van der Waals surface area contributed by atoms with Gasteiger partial charge in [-0.1, -0.05) is 6.07 Å². The van der Waals surface area contributed by atoms with Gasteiger partial charge in [-0.15, -0.1) is 0 Å². The van der Waals surface area contributed by atoms with E-state index in [2.05, 4.69) is 5.32 Å². The Hall–Kier alpha value is -1.07. The monoisotopic (exact) mass is 297 g/mol. The lowest BCUT2D eigenvalue weighted by Gasteiger charge is -2.17. The minimum Gasteiger partial charge on any atom is -0.493 e. The molecule has 1 heterocycles. The molecule has 1 atom stereocenters. The van der Waals surface area contributed by atoms with Crippen molar-refractivity contribution >= 4 is 11.8 Å². The average molecular weight is 297 g/mol. The summed E-state index contributed by atoms with van der Waals surface area (Å²) in [6.07, 6.45) is 1.32. The molecular weight excluding hydrogens is 274 g/mol. The van der Waals surface area contributed by atoms with Crippen molar-refractivity contribution in [3.05, 3.63) is 17.7 Å². The number of methoxy groups -OCH3 is 3. The summed E-state index contributed by atoms with van der Waals surface area (Å²) in [5, 5.41) is 3.52. The molecule has 0 spiro atoms. The van der Waals surface area contributed by atoms with E-state index in [-0.39, 0.29) is 0 Å². The molecule has 1 unspecified atom stereocenters. The molecule has 20 heavy (non-hydrogen) atoms. The zero-order chi connectivity index (χ0) is 14.4. The SMILES string of the molecule is COc1ccc(CNCC2CCSC2)c(OC)c1OC. The normalized spacial score (nSPS) is 18.1. The van der Waals surface area contributed by atoms with Crippen LogP contribution in [0.1, 0.15) is 12.0 Å². The molecule has 1 aromatic rings. The lowest BCUT2D eigenvalue weighted by Crippen LogP contribution is -2.22. The van der Waals surface area contributed by atoms with Crippen molar-refractivity contribution in [3.63, 3.8) is 0 Å². The van der Waals surface area contributed by atoms with E-state index in [1.54, 1.807) is 21.3 Å². The first-order valence-corrected chi connectivity index (χ1v) is 8.02. The van der Waals surface area contributed by atoms with E-state index in [1.165, 1.54) is 17.9 Å². The van der Waals surface area contributed by atoms with E-state index in [1.807, 2.05) is 23.9 Å². The molecule has 0 bridgehead atoms. The number of nitrogens with one attached hydrogen (secondary N) is 1. The van der Waals surface area contributed by atoms with Gasteiger partial charge in [0.1, 0.15) is 0 Å². The minimum absolute atomic E-state index is 0.658. The topological polar surface area (TPSA) is 39.7 Å². The molecule has 1 aromatic carbocycles. The van der Waals surface area contributed by atoms with Gasteiger partial charge in [0.15, 0.2) is 11.5 Å². The molecule has 0 aromatic heterocycles. The molecule has 2 rings (SSSR count). The largest absolute Gasteiger partial charge is 0.493 e. The third-order valence-corrected chi connectivity index (χ3v) is 4.79. The maximum atomic E-state index is 5.48. The highest BCUT2D eigenvalue weighted by atomic mass is 32.2. The van der Waals surface area contributed by atoms with Crippen molar-refractivity contribution in [1.29, 1.82) is 0 Å². The van der Waals surface area contributed by atoms with Crippen LogP contribution in [0.2, 0.25) is 0 Å². The molecule has 5 heteroatoms. The number of ether oxygens (including phenoxy) is 3. The first-order valence-electron chi connectivity index (χ1n) is 6.86. The highest BCUT2D eigenvalue weighted by molar-refractivity contribution is 7.99. The fourth-order valence-corrected chi connectivity index (χ4v) is 3.74. The number of hydrogen-bond acceptors (Lipinski definition) is 5.